The van der Waals surface area contributed by atoms with E-state index in [9.17, 15) is 9.18 Å². The van der Waals surface area contributed by atoms with Gasteiger partial charge in [-0.25, -0.2) is 4.39 Å². The predicted molar refractivity (Wildman–Crippen MR) is 91.7 cm³/mol. The van der Waals surface area contributed by atoms with Crippen molar-refractivity contribution in [3.8, 4) is 0 Å². The van der Waals surface area contributed by atoms with Crippen molar-refractivity contribution in [1.82, 2.24) is 0 Å². The maximum atomic E-state index is 13.5. The van der Waals surface area contributed by atoms with E-state index in [0.29, 0.717) is 0 Å². The number of halogens is 1. The van der Waals surface area contributed by atoms with Crippen LogP contribution in [0.1, 0.15) is 44.7 Å². The molecule has 0 N–H and O–H groups in total. The molecular weight excluding hydrogens is 291 g/mol. The highest BCUT2D eigenvalue weighted by molar-refractivity contribution is 5.77. The number of methoxy groups -OCH3 is 1. The van der Waals surface area contributed by atoms with Crippen LogP contribution in [0.2, 0.25) is 0 Å². The number of carbonyl (C=O) groups excluding carboxylic acids is 1. The molecule has 0 aliphatic heterocycles. The van der Waals surface area contributed by atoms with E-state index in [4.69, 9.17) is 4.74 Å². The highest BCUT2D eigenvalue weighted by atomic mass is 19.1. The molecule has 1 unspecified atom stereocenters. The molecule has 1 aromatic carbocycles. The first kappa shape index (κ1) is 17.6. The fraction of sp³-hybridized carbons (Fsp3) is 0.450. The maximum Gasteiger partial charge on any atom is 0.142 e. The van der Waals surface area contributed by atoms with E-state index in [1.54, 1.807) is 13.2 Å². The van der Waals surface area contributed by atoms with E-state index in [1.165, 1.54) is 12.1 Å². The van der Waals surface area contributed by atoms with Crippen LogP contribution in [0, 0.1) is 18.2 Å². The van der Waals surface area contributed by atoms with E-state index in [2.05, 4.69) is 20.8 Å². The number of benzene rings is 1. The van der Waals surface area contributed by atoms with Crippen LogP contribution in [-0.4, -0.2) is 19.0 Å². The molecule has 0 radical (unpaired) electrons. The van der Waals surface area contributed by atoms with Crippen molar-refractivity contribution >= 4 is 11.9 Å². The molecule has 124 valence electrons. The molecular formula is C20H25FO2. The third-order valence-corrected chi connectivity index (χ3v) is 4.77. The van der Waals surface area contributed by atoms with Crippen molar-refractivity contribution in [3.63, 3.8) is 0 Å². The zero-order chi connectivity index (χ0) is 17.3. The fourth-order valence-electron chi connectivity index (χ4n) is 3.78. The lowest BCUT2D eigenvalue weighted by molar-refractivity contribution is -0.104. The number of ether oxygens (including phenoxy) is 1. The number of hydrogen-bond donors (Lipinski definition) is 0. The Bertz CT molecular complexity index is 670. The Morgan fingerprint density at radius 1 is 1.26 bits per heavy atom. The molecule has 1 aliphatic rings. The van der Waals surface area contributed by atoms with Gasteiger partial charge in [0.25, 0.3) is 0 Å². The number of carbonyl (C=O) groups is 1. The summed E-state index contributed by atoms with van der Waals surface area (Å²) in [6.45, 7) is 8.34. The van der Waals surface area contributed by atoms with Crippen molar-refractivity contribution in [2.24, 2.45) is 5.41 Å². The lowest BCUT2D eigenvalue weighted by atomic mass is 9.65. The third-order valence-electron chi connectivity index (χ3n) is 4.77. The fourth-order valence-corrected chi connectivity index (χ4v) is 3.78. The Balaban J connectivity index is 2.70. The highest BCUT2D eigenvalue weighted by Gasteiger charge is 2.41. The molecule has 1 aliphatic carbocycles. The number of hydrogen-bond acceptors (Lipinski definition) is 2. The lowest BCUT2D eigenvalue weighted by Crippen LogP contribution is -2.39. The van der Waals surface area contributed by atoms with Gasteiger partial charge in [-0.3, -0.25) is 4.79 Å². The summed E-state index contributed by atoms with van der Waals surface area (Å²) < 4.78 is 19.3. The van der Waals surface area contributed by atoms with Crippen LogP contribution >= 0.6 is 0 Å². The van der Waals surface area contributed by atoms with Gasteiger partial charge in [-0.05, 0) is 66.2 Å². The first-order chi connectivity index (χ1) is 10.7. The van der Waals surface area contributed by atoms with Crippen molar-refractivity contribution < 1.29 is 13.9 Å². The second kappa shape index (κ2) is 6.40. The molecule has 0 fully saturated rings. The summed E-state index contributed by atoms with van der Waals surface area (Å²) in [4.78, 5) is 10.8. The molecule has 1 atom stereocenters. The molecule has 0 amide bonds. The highest BCUT2D eigenvalue weighted by Crippen LogP contribution is 2.50. The number of aryl methyl sites for hydroxylation is 1. The summed E-state index contributed by atoms with van der Waals surface area (Å²) in [6.07, 6.45) is 5.81. The standard InChI is InChI=1S/C20H25FO2/c1-14-11-15(21)8-9-16(14)17-12-20(4,23-5)13-19(2,3)18(17)7-6-10-22/h6-11H,12-13H2,1-5H3/b7-6+. The van der Waals surface area contributed by atoms with E-state index in [1.807, 2.05) is 19.1 Å². The Morgan fingerprint density at radius 3 is 2.52 bits per heavy atom. The quantitative estimate of drug-likeness (QED) is 0.585. The van der Waals surface area contributed by atoms with Gasteiger partial charge in [0.05, 0.1) is 5.60 Å². The van der Waals surface area contributed by atoms with Gasteiger partial charge >= 0.3 is 0 Å². The summed E-state index contributed by atoms with van der Waals surface area (Å²) in [5.74, 6) is -0.235. The summed E-state index contributed by atoms with van der Waals surface area (Å²) in [5.41, 5.74) is 3.74. The third kappa shape index (κ3) is 3.61. The molecule has 3 heteroatoms. The van der Waals surface area contributed by atoms with Crippen molar-refractivity contribution in [1.29, 1.82) is 0 Å². The molecule has 2 rings (SSSR count). The molecule has 0 heterocycles. The molecule has 0 saturated carbocycles. The summed E-state index contributed by atoms with van der Waals surface area (Å²) in [7, 11) is 1.73. The minimum absolute atomic E-state index is 0.140. The molecule has 0 saturated heterocycles. The van der Waals surface area contributed by atoms with E-state index >= 15 is 0 Å². The van der Waals surface area contributed by atoms with Gasteiger partial charge in [-0.15, -0.1) is 0 Å². The molecule has 0 spiro atoms. The van der Waals surface area contributed by atoms with E-state index in [0.717, 1.165) is 41.4 Å². The van der Waals surface area contributed by atoms with Gasteiger partial charge in [-0.1, -0.05) is 26.0 Å². The zero-order valence-electron chi connectivity index (χ0n) is 14.6. The minimum Gasteiger partial charge on any atom is -0.378 e. The van der Waals surface area contributed by atoms with Gasteiger partial charge in [0, 0.05) is 13.5 Å². The van der Waals surface area contributed by atoms with Gasteiger partial charge in [0.2, 0.25) is 0 Å². The molecule has 0 bridgehead atoms. The van der Waals surface area contributed by atoms with E-state index in [-0.39, 0.29) is 16.8 Å². The number of allylic oxidation sites excluding steroid dienone is 3. The summed E-state index contributed by atoms with van der Waals surface area (Å²) in [6, 6.07) is 4.86. The second-order valence-corrected chi connectivity index (χ2v) is 7.24. The van der Waals surface area contributed by atoms with Crippen LogP contribution in [0.4, 0.5) is 4.39 Å². The molecule has 2 nitrogen and oxygen atoms in total. The van der Waals surface area contributed by atoms with Crippen LogP contribution in [0.25, 0.3) is 5.57 Å². The van der Waals surface area contributed by atoms with Crippen molar-refractivity contribution in [2.45, 2.75) is 46.1 Å². The Labute approximate surface area is 138 Å². The lowest BCUT2D eigenvalue weighted by Gasteiger charge is -2.44. The topological polar surface area (TPSA) is 26.3 Å². The minimum atomic E-state index is -0.280. The van der Waals surface area contributed by atoms with Crippen LogP contribution in [0.5, 0.6) is 0 Å². The normalized spacial score (nSPS) is 24.3. The average Bonchev–Trinajstić information content (AvgIpc) is 2.45. The van der Waals surface area contributed by atoms with Gasteiger partial charge in [0.15, 0.2) is 0 Å². The Kier molecular flexibility index (Phi) is 4.90. The van der Waals surface area contributed by atoms with Crippen LogP contribution in [0.15, 0.2) is 35.9 Å². The van der Waals surface area contributed by atoms with Crippen molar-refractivity contribution in [3.05, 3.63) is 52.9 Å². The Morgan fingerprint density at radius 2 is 1.96 bits per heavy atom. The predicted octanol–water partition coefficient (Wildman–Crippen LogP) is 4.87. The van der Waals surface area contributed by atoms with Crippen molar-refractivity contribution in [2.75, 3.05) is 7.11 Å². The zero-order valence-corrected chi connectivity index (χ0v) is 14.6. The van der Waals surface area contributed by atoms with Gasteiger partial charge < -0.3 is 4.74 Å². The molecule has 1 aromatic rings. The molecule has 23 heavy (non-hydrogen) atoms. The SMILES string of the molecule is COC1(C)CC(c2ccc(F)cc2C)=C(/C=C/C=O)C(C)(C)C1. The second-order valence-electron chi connectivity index (χ2n) is 7.24. The van der Waals surface area contributed by atoms with Crippen LogP contribution < -0.4 is 0 Å². The van der Waals surface area contributed by atoms with E-state index < -0.39 is 0 Å². The first-order valence-corrected chi connectivity index (χ1v) is 7.89. The number of aldehydes is 1. The monoisotopic (exact) mass is 316 g/mol. The maximum absolute atomic E-state index is 13.5. The van der Waals surface area contributed by atoms with Gasteiger partial charge in [0.1, 0.15) is 12.1 Å². The van der Waals surface area contributed by atoms with Crippen LogP contribution in [0.3, 0.4) is 0 Å². The smallest absolute Gasteiger partial charge is 0.142 e. The molecule has 0 aromatic heterocycles. The average molecular weight is 316 g/mol. The largest absolute Gasteiger partial charge is 0.378 e. The summed E-state index contributed by atoms with van der Waals surface area (Å²) >= 11 is 0. The Hall–Kier alpha value is -1.74. The summed E-state index contributed by atoms with van der Waals surface area (Å²) in [5, 5.41) is 0. The van der Waals surface area contributed by atoms with Gasteiger partial charge in [-0.2, -0.15) is 0 Å². The van der Waals surface area contributed by atoms with Crippen LogP contribution in [-0.2, 0) is 9.53 Å². The first-order valence-electron chi connectivity index (χ1n) is 7.89. The number of rotatable bonds is 4.